The molecule has 6 rings (SSSR count). The maximum absolute atomic E-state index is 11.8. The van der Waals surface area contributed by atoms with Crippen LogP contribution in [-0.4, -0.2) is 64.2 Å². The zero-order valence-electron chi connectivity index (χ0n) is 21.7. The molecule has 2 bridgehead atoms. The topological polar surface area (TPSA) is 72.5 Å². The van der Waals surface area contributed by atoms with Gasteiger partial charge in [-0.15, -0.1) is 0 Å². The van der Waals surface area contributed by atoms with Gasteiger partial charge in [0.05, 0.1) is 41.2 Å². The molecule has 6 aliphatic rings. The SMILES string of the molecule is CC1(C)O[C@@]2(CC[C@@](C)([C@@H]3CC[C@@H]([C@@]4(C)CC[C@H]([C@@]5(C)CCC(=O)O5)O4)O3)O2)[C@@]2(C)CC[C@@H]1O2. The lowest BCUT2D eigenvalue weighted by Gasteiger charge is -2.53. The molecule has 6 fully saturated rings. The molecule has 7 nitrogen and oxygen atoms in total. The van der Waals surface area contributed by atoms with E-state index in [0.29, 0.717) is 6.42 Å². The highest BCUT2D eigenvalue weighted by Gasteiger charge is 2.69. The van der Waals surface area contributed by atoms with Crippen molar-refractivity contribution >= 4 is 5.97 Å². The van der Waals surface area contributed by atoms with Gasteiger partial charge in [0.1, 0.15) is 11.2 Å². The van der Waals surface area contributed by atoms with Crippen LogP contribution in [0.2, 0.25) is 0 Å². The van der Waals surface area contributed by atoms with Crippen molar-refractivity contribution in [2.24, 2.45) is 0 Å². The molecule has 34 heavy (non-hydrogen) atoms. The molecule has 192 valence electrons. The molecule has 7 heteroatoms. The monoisotopic (exact) mass is 478 g/mol. The van der Waals surface area contributed by atoms with Crippen molar-refractivity contribution in [3.63, 3.8) is 0 Å². The Morgan fingerprint density at radius 3 is 2.06 bits per heavy atom. The molecule has 0 radical (unpaired) electrons. The summed E-state index contributed by atoms with van der Waals surface area (Å²) < 4.78 is 39.2. The first-order valence-corrected chi connectivity index (χ1v) is 13.4. The molecule has 6 saturated heterocycles. The van der Waals surface area contributed by atoms with Gasteiger partial charge in [-0.2, -0.15) is 0 Å². The fourth-order valence-electron chi connectivity index (χ4n) is 7.77. The fraction of sp³-hybridized carbons (Fsp3) is 0.963. The molecule has 0 saturated carbocycles. The summed E-state index contributed by atoms with van der Waals surface area (Å²) in [5.41, 5.74) is -2.08. The molecular formula is C27H42O7. The van der Waals surface area contributed by atoms with Crippen LogP contribution in [0, 0.1) is 0 Å². The van der Waals surface area contributed by atoms with Gasteiger partial charge in [-0.1, -0.05) is 0 Å². The van der Waals surface area contributed by atoms with Gasteiger partial charge in [0.25, 0.3) is 0 Å². The van der Waals surface area contributed by atoms with Crippen LogP contribution < -0.4 is 0 Å². The first-order chi connectivity index (χ1) is 15.8. The van der Waals surface area contributed by atoms with Crippen molar-refractivity contribution in [1.29, 1.82) is 0 Å². The summed E-state index contributed by atoms with van der Waals surface area (Å²) in [7, 11) is 0. The third-order valence-electron chi connectivity index (χ3n) is 10.2. The molecule has 0 amide bonds. The average molecular weight is 479 g/mol. The number of fused-ring (bicyclic) bond motifs is 3. The van der Waals surface area contributed by atoms with Crippen LogP contribution in [-0.2, 0) is 33.2 Å². The van der Waals surface area contributed by atoms with E-state index >= 15 is 0 Å². The molecule has 0 aromatic carbocycles. The second-order valence-corrected chi connectivity index (χ2v) is 13.2. The lowest BCUT2D eigenvalue weighted by molar-refractivity contribution is -0.407. The minimum absolute atomic E-state index is 0.00610. The van der Waals surface area contributed by atoms with E-state index in [1.807, 2.05) is 6.92 Å². The summed E-state index contributed by atoms with van der Waals surface area (Å²) in [6.45, 7) is 12.8. The number of cyclic esters (lactones) is 1. The van der Waals surface area contributed by atoms with Gasteiger partial charge in [-0.3, -0.25) is 4.79 Å². The van der Waals surface area contributed by atoms with Crippen LogP contribution in [0.3, 0.4) is 0 Å². The number of carbonyl (C=O) groups excluding carboxylic acids is 1. The normalized spacial score (nSPS) is 56.5. The van der Waals surface area contributed by atoms with Crippen molar-refractivity contribution in [3.05, 3.63) is 0 Å². The van der Waals surface area contributed by atoms with E-state index < -0.39 is 22.6 Å². The minimum Gasteiger partial charge on any atom is -0.457 e. The number of carbonyl (C=O) groups is 1. The Morgan fingerprint density at radius 1 is 0.647 bits per heavy atom. The Balaban J connectivity index is 1.15. The number of ether oxygens (including phenoxy) is 6. The van der Waals surface area contributed by atoms with Crippen molar-refractivity contribution in [2.75, 3.05) is 0 Å². The van der Waals surface area contributed by atoms with E-state index in [2.05, 4.69) is 34.6 Å². The number of hydrogen-bond donors (Lipinski definition) is 0. The minimum atomic E-state index is -0.723. The summed E-state index contributed by atoms with van der Waals surface area (Å²) in [5, 5.41) is 0. The van der Waals surface area contributed by atoms with Gasteiger partial charge in [-0.05, 0) is 92.9 Å². The highest BCUT2D eigenvalue weighted by atomic mass is 16.8. The lowest BCUT2D eigenvalue weighted by atomic mass is 9.87. The second-order valence-electron chi connectivity index (χ2n) is 13.2. The predicted octanol–water partition coefficient (Wildman–Crippen LogP) is 4.58. The van der Waals surface area contributed by atoms with Gasteiger partial charge >= 0.3 is 5.97 Å². The molecule has 6 aliphatic heterocycles. The Hall–Kier alpha value is -0.730. The largest absolute Gasteiger partial charge is 0.457 e. The van der Waals surface area contributed by atoms with E-state index in [1.54, 1.807) is 0 Å². The highest BCUT2D eigenvalue weighted by molar-refractivity contribution is 5.72. The predicted molar refractivity (Wildman–Crippen MR) is 123 cm³/mol. The second kappa shape index (κ2) is 7.18. The standard InChI is InChI=1S/C27H42O7/c1-22(2)17-10-14-26(6,31-17)27(33-22)16-15-25(5,34-27)19-8-7-18(29-19)23(3)12-9-20(30-23)24(4)13-11-21(28)32-24/h17-20H,7-16H2,1-6H3/t17-,18-,19-,20+,23+,24+,25-,26+,27+/m0/s1. The van der Waals surface area contributed by atoms with Crippen molar-refractivity contribution in [2.45, 2.75) is 164 Å². The van der Waals surface area contributed by atoms with Crippen molar-refractivity contribution in [3.8, 4) is 0 Å². The summed E-state index contributed by atoms with van der Waals surface area (Å²) in [5.74, 6) is -0.837. The summed E-state index contributed by atoms with van der Waals surface area (Å²) in [6.07, 6.45) is 8.63. The first-order valence-electron chi connectivity index (χ1n) is 13.4. The molecule has 0 aromatic heterocycles. The number of rotatable bonds is 3. The summed E-state index contributed by atoms with van der Waals surface area (Å²) in [6, 6.07) is 0. The van der Waals surface area contributed by atoms with Gasteiger partial charge < -0.3 is 28.4 Å². The number of esters is 1. The quantitative estimate of drug-likeness (QED) is 0.550. The van der Waals surface area contributed by atoms with E-state index in [-0.39, 0.29) is 41.6 Å². The van der Waals surface area contributed by atoms with Crippen LogP contribution in [0.1, 0.15) is 106 Å². The van der Waals surface area contributed by atoms with Gasteiger partial charge in [0.2, 0.25) is 0 Å². The smallest absolute Gasteiger partial charge is 0.306 e. The first kappa shape index (κ1) is 23.7. The molecule has 6 heterocycles. The maximum atomic E-state index is 11.8. The molecule has 0 unspecified atom stereocenters. The van der Waals surface area contributed by atoms with Crippen LogP contribution in [0.4, 0.5) is 0 Å². The Bertz CT molecular complexity index is 875. The van der Waals surface area contributed by atoms with E-state index in [9.17, 15) is 4.79 Å². The van der Waals surface area contributed by atoms with Crippen molar-refractivity contribution < 1.29 is 33.2 Å². The summed E-state index contributed by atoms with van der Waals surface area (Å²) in [4.78, 5) is 11.8. The third-order valence-corrected chi connectivity index (χ3v) is 10.2. The fourth-order valence-corrected chi connectivity index (χ4v) is 7.77. The summed E-state index contributed by atoms with van der Waals surface area (Å²) >= 11 is 0. The lowest BCUT2D eigenvalue weighted by Crippen LogP contribution is -2.64. The Kier molecular flexibility index (Phi) is 5.00. The molecular weight excluding hydrogens is 436 g/mol. The third kappa shape index (κ3) is 3.29. The molecule has 1 spiro atoms. The van der Waals surface area contributed by atoms with Gasteiger partial charge in [0, 0.05) is 12.8 Å². The van der Waals surface area contributed by atoms with Gasteiger partial charge in [-0.25, -0.2) is 0 Å². The van der Waals surface area contributed by atoms with Gasteiger partial charge in [0.15, 0.2) is 5.79 Å². The van der Waals surface area contributed by atoms with Crippen LogP contribution in [0.5, 0.6) is 0 Å². The number of hydrogen-bond acceptors (Lipinski definition) is 7. The highest BCUT2D eigenvalue weighted by Crippen LogP contribution is 2.59. The zero-order valence-corrected chi connectivity index (χ0v) is 21.7. The van der Waals surface area contributed by atoms with E-state index in [1.165, 1.54) is 0 Å². The van der Waals surface area contributed by atoms with E-state index in [0.717, 1.165) is 57.8 Å². The van der Waals surface area contributed by atoms with Crippen LogP contribution >= 0.6 is 0 Å². The zero-order chi connectivity index (χ0) is 24.2. The molecule has 9 atom stereocenters. The molecule has 0 aromatic rings. The Labute approximate surface area is 203 Å². The van der Waals surface area contributed by atoms with Crippen LogP contribution in [0.25, 0.3) is 0 Å². The molecule has 0 aliphatic carbocycles. The maximum Gasteiger partial charge on any atom is 0.306 e. The average Bonchev–Trinajstić information content (AvgIpc) is 3.53. The van der Waals surface area contributed by atoms with Crippen molar-refractivity contribution in [1.82, 2.24) is 0 Å². The molecule has 0 N–H and O–H groups in total. The van der Waals surface area contributed by atoms with Crippen LogP contribution in [0.15, 0.2) is 0 Å². The van der Waals surface area contributed by atoms with E-state index in [4.69, 9.17) is 28.4 Å². The Morgan fingerprint density at radius 2 is 1.35 bits per heavy atom.